The minimum atomic E-state index is -0.742. The predicted octanol–water partition coefficient (Wildman–Crippen LogP) is 3.14. The van der Waals surface area contributed by atoms with E-state index in [1.165, 1.54) is 0 Å². The van der Waals surface area contributed by atoms with E-state index in [0.29, 0.717) is 18.4 Å². The van der Waals surface area contributed by atoms with Crippen LogP contribution < -0.4 is 10.6 Å². The summed E-state index contributed by atoms with van der Waals surface area (Å²) in [5.41, 5.74) is 0.159. The molecule has 0 bridgehead atoms. The molecule has 0 atom stereocenters. The van der Waals surface area contributed by atoms with Crippen molar-refractivity contribution in [3.8, 4) is 0 Å². The standard InChI is InChI=1S/C18H36N2O3S/c1-17(2,3)7-10-19-9-6-15(21)20-11-13-24-12-8-18(4,5)14-16(22)23/h19H,6-14H2,1-5H3,(H,20,21)(H,22,23). The zero-order valence-corrected chi connectivity index (χ0v) is 16.9. The van der Waals surface area contributed by atoms with Gasteiger partial charge in [0.15, 0.2) is 0 Å². The molecule has 0 aliphatic heterocycles. The Hall–Kier alpha value is -0.750. The Morgan fingerprint density at radius 1 is 0.958 bits per heavy atom. The molecule has 1 amide bonds. The number of carboxylic acid groups (broad SMARTS) is 1. The average molecular weight is 361 g/mol. The van der Waals surface area contributed by atoms with E-state index in [1.807, 2.05) is 13.8 Å². The zero-order chi connectivity index (χ0) is 18.6. The molecule has 0 aromatic rings. The summed E-state index contributed by atoms with van der Waals surface area (Å²) >= 11 is 1.76. The monoisotopic (exact) mass is 360 g/mol. The third kappa shape index (κ3) is 16.1. The van der Waals surface area contributed by atoms with Gasteiger partial charge in [-0.05, 0) is 36.0 Å². The van der Waals surface area contributed by atoms with Crippen molar-refractivity contribution in [2.24, 2.45) is 10.8 Å². The molecule has 0 aromatic heterocycles. The quantitative estimate of drug-likeness (QED) is 0.440. The Bertz CT molecular complexity index is 379. The zero-order valence-electron chi connectivity index (χ0n) is 16.0. The van der Waals surface area contributed by atoms with E-state index in [0.717, 1.165) is 37.4 Å². The molecule has 0 aliphatic carbocycles. The summed E-state index contributed by atoms with van der Waals surface area (Å²) in [6.45, 7) is 12.9. The van der Waals surface area contributed by atoms with Gasteiger partial charge in [-0.3, -0.25) is 9.59 Å². The van der Waals surface area contributed by atoms with E-state index in [-0.39, 0.29) is 17.7 Å². The Labute approximate surface area is 151 Å². The lowest BCUT2D eigenvalue weighted by Crippen LogP contribution is -2.30. The number of rotatable bonds is 13. The lowest BCUT2D eigenvalue weighted by molar-refractivity contribution is -0.139. The van der Waals surface area contributed by atoms with Gasteiger partial charge in [0.1, 0.15) is 0 Å². The fraction of sp³-hybridized carbons (Fsp3) is 0.889. The highest BCUT2D eigenvalue weighted by atomic mass is 32.2. The van der Waals surface area contributed by atoms with Gasteiger partial charge in [-0.2, -0.15) is 11.8 Å². The van der Waals surface area contributed by atoms with Crippen molar-refractivity contribution in [2.45, 2.75) is 60.3 Å². The van der Waals surface area contributed by atoms with Crippen LogP contribution in [-0.2, 0) is 9.59 Å². The number of carbonyl (C=O) groups excluding carboxylic acids is 1. The summed E-state index contributed by atoms with van der Waals surface area (Å²) in [6.07, 6.45) is 2.69. The Kier molecular flexibility index (Phi) is 11.4. The van der Waals surface area contributed by atoms with Crippen LogP contribution in [0.2, 0.25) is 0 Å². The van der Waals surface area contributed by atoms with Gasteiger partial charge in [-0.1, -0.05) is 34.6 Å². The van der Waals surface area contributed by atoms with Gasteiger partial charge in [-0.25, -0.2) is 0 Å². The third-order valence-electron chi connectivity index (χ3n) is 3.70. The molecule has 0 spiro atoms. The Morgan fingerprint density at radius 3 is 2.21 bits per heavy atom. The maximum Gasteiger partial charge on any atom is 0.303 e. The van der Waals surface area contributed by atoms with Crippen molar-refractivity contribution in [1.82, 2.24) is 10.6 Å². The molecule has 0 saturated heterocycles. The fourth-order valence-corrected chi connectivity index (χ4v) is 3.24. The van der Waals surface area contributed by atoms with Crippen molar-refractivity contribution in [3.05, 3.63) is 0 Å². The van der Waals surface area contributed by atoms with Gasteiger partial charge < -0.3 is 15.7 Å². The maximum absolute atomic E-state index is 11.7. The van der Waals surface area contributed by atoms with Crippen molar-refractivity contribution in [2.75, 3.05) is 31.1 Å². The highest BCUT2D eigenvalue weighted by molar-refractivity contribution is 7.99. The summed E-state index contributed by atoms with van der Waals surface area (Å²) in [7, 11) is 0. The number of carboxylic acids is 1. The van der Waals surface area contributed by atoms with Gasteiger partial charge in [0, 0.05) is 25.3 Å². The smallest absolute Gasteiger partial charge is 0.303 e. The van der Waals surface area contributed by atoms with E-state index in [1.54, 1.807) is 11.8 Å². The van der Waals surface area contributed by atoms with Gasteiger partial charge in [0.25, 0.3) is 0 Å². The summed E-state index contributed by atoms with van der Waals surface area (Å²) in [5, 5.41) is 15.1. The van der Waals surface area contributed by atoms with Crippen LogP contribution in [-0.4, -0.2) is 48.1 Å². The number of hydrogen-bond donors (Lipinski definition) is 3. The van der Waals surface area contributed by atoms with Crippen molar-refractivity contribution in [3.63, 3.8) is 0 Å². The molecular formula is C18H36N2O3S. The third-order valence-corrected chi connectivity index (χ3v) is 4.69. The molecule has 0 radical (unpaired) electrons. The number of carbonyl (C=O) groups is 2. The number of nitrogens with one attached hydrogen (secondary N) is 2. The molecule has 0 aromatic carbocycles. The Balaban J connectivity index is 3.51. The predicted molar refractivity (Wildman–Crippen MR) is 103 cm³/mol. The number of hydrogen-bond acceptors (Lipinski definition) is 4. The fourth-order valence-electron chi connectivity index (χ4n) is 2.09. The number of aliphatic carboxylic acids is 1. The molecule has 0 unspecified atom stereocenters. The van der Waals surface area contributed by atoms with Gasteiger partial charge in [-0.15, -0.1) is 0 Å². The molecular weight excluding hydrogens is 324 g/mol. The molecule has 0 fully saturated rings. The SMILES string of the molecule is CC(C)(C)CCNCCC(=O)NCCSCCC(C)(C)CC(=O)O. The first-order valence-corrected chi connectivity index (χ1v) is 9.94. The first-order valence-electron chi connectivity index (χ1n) is 8.79. The molecule has 142 valence electrons. The molecule has 0 saturated carbocycles. The minimum absolute atomic E-state index is 0.0880. The normalized spacial score (nSPS) is 12.2. The summed E-state index contributed by atoms with van der Waals surface area (Å²) in [4.78, 5) is 22.4. The summed E-state index contributed by atoms with van der Waals surface area (Å²) < 4.78 is 0. The summed E-state index contributed by atoms with van der Waals surface area (Å²) in [5.74, 6) is 1.13. The van der Waals surface area contributed by atoms with E-state index in [4.69, 9.17) is 5.11 Å². The molecule has 5 nitrogen and oxygen atoms in total. The van der Waals surface area contributed by atoms with Crippen LogP contribution in [0.1, 0.15) is 60.3 Å². The van der Waals surface area contributed by atoms with E-state index in [2.05, 4.69) is 31.4 Å². The molecule has 0 heterocycles. The van der Waals surface area contributed by atoms with Crippen LogP contribution >= 0.6 is 11.8 Å². The molecule has 24 heavy (non-hydrogen) atoms. The second kappa shape index (κ2) is 11.7. The first-order chi connectivity index (χ1) is 11.0. The van der Waals surface area contributed by atoms with Crippen LogP contribution in [0, 0.1) is 10.8 Å². The average Bonchev–Trinajstić information content (AvgIpc) is 2.39. The van der Waals surface area contributed by atoms with Crippen molar-refractivity contribution < 1.29 is 14.7 Å². The van der Waals surface area contributed by atoms with Crippen molar-refractivity contribution in [1.29, 1.82) is 0 Å². The van der Waals surface area contributed by atoms with Gasteiger partial charge in [0.2, 0.25) is 5.91 Å². The maximum atomic E-state index is 11.7. The molecule has 0 aliphatic rings. The lowest BCUT2D eigenvalue weighted by Gasteiger charge is -2.21. The van der Waals surface area contributed by atoms with E-state index >= 15 is 0 Å². The Morgan fingerprint density at radius 2 is 1.62 bits per heavy atom. The second-order valence-corrected chi connectivity index (χ2v) is 9.48. The largest absolute Gasteiger partial charge is 0.481 e. The number of amides is 1. The van der Waals surface area contributed by atoms with Crippen LogP contribution in [0.5, 0.6) is 0 Å². The minimum Gasteiger partial charge on any atom is -0.481 e. The van der Waals surface area contributed by atoms with Gasteiger partial charge in [0.05, 0.1) is 6.42 Å². The van der Waals surface area contributed by atoms with Crippen LogP contribution in [0.4, 0.5) is 0 Å². The van der Waals surface area contributed by atoms with E-state index in [9.17, 15) is 9.59 Å². The van der Waals surface area contributed by atoms with Crippen LogP contribution in [0.25, 0.3) is 0 Å². The highest BCUT2D eigenvalue weighted by Crippen LogP contribution is 2.26. The summed E-state index contributed by atoms with van der Waals surface area (Å²) in [6, 6.07) is 0. The van der Waals surface area contributed by atoms with E-state index < -0.39 is 5.97 Å². The lowest BCUT2D eigenvalue weighted by atomic mass is 9.87. The highest BCUT2D eigenvalue weighted by Gasteiger charge is 2.21. The van der Waals surface area contributed by atoms with Crippen LogP contribution in [0.3, 0.4) is 0 Å². The molecule has 6 heteroatoms. The second-order valence-electron chi connectivity index (χ2n) is 8.26. The first kappa shape index (κ1) is 23.2. The topological polar surface area (TPSA) is 78.4 Å². The van der Waals surface area contributed by atoms with Gasteiger partial charge >= 0.3 is 5.97 Å². The van der Waals surface area contributed by atoms with Crippen LogP contribution in [0.15, 0.2) is 0 Å². The number of thioether (sulfide) groups is 1. The van der Waals surface area contributed by atoms with Crippen molar-refractivity contribution >= 4 is 23.6 Å². The molecule has 0 rings (SSSR count). The molecule has 3 N–H and O–H groups in total.